The molecule has 1 aromatic heterocycles. The van der Waals surface area contributed by atoms with E-state index in [-0.39, 0.29) is 0 Å². The van der Waals surface area contributed by atoms with E-state index < -0.39 is 0 Å². The lowest BCUT2D eigenvalue weighted by molar-refractivity contribution is 1.24. The van der Waals surface area contributed by atoms with Crippen molar-refractivity contribution in [2.75, 3.05) is 0 Å². The number of hydrogen-bond donors (Lipinski definition) is 1. The molecule has 0 saturated carbocycles. The fourth-order valence-electron chi connectivity index (χ4n) is 1.19. The van der Waals surface area contributed by atoms with Crippen molar-refractivity contribution in [2.45, 2.75) is 13.3 Å². The summed E-state index contributed by atoms with van der Waals surface area (Å²) in [6, 6.07) is 1.61. The molecule has 0 fully saturated rings. The number of nitrogens with two attached hydrogens (primary N) is 1. The molecular weight excluding hydrogens is 267 g/mol. The van der Waals surface area contributed by atoms with Crippen LogP contribution in [0.1, 0.15) is 13.3 Å². The third-order valence-corrected chi connectivity index (χ3v) is 3.14. The molecule has 0 aliphatic carbocycles. The first-order chi connectivity index (χ1) is 7.63. The molecule has 2 N–H and O–H groups in total. The minimum Gasteiger partial charge on any atom is -0.387 e. The highest BCUT2D eigenvalue weighted by Crippen LogP contribution is 2.37. The van der Waals surface area contributed by atoms with Gasteiger partial charge in [0, 0.05) is 6.42 Å². The van der Waals surface area contributed by atoms with Gasteiger partial charge >= 0.3 is 0 Å². The summed E-state index contributed by atoms with van der Waals surface area (Å²) in [4.78, 5) is 4.23. The predicted molar refractivity (Wildman–Crippen MR) is 69.0 cm³/mol. The van der Waals surface area contributed by atoms with Crippen molar-refractivity contribution in [3.63, 3.8) is 0 Å². The van der Waals surface area contributed by atoms with Gasteiger partial charge in [0.15, 0.2) is 0 Å². The number of rotatable bonds is 2. The zero-order chi connectivity index (χ0) is 11.7. The summed E-state index contributed by atoms with van der Waals surface area (Å²) in [6.45, 7) is 1.92. The Morgan fingerprint density at radius 2 is 2.06 bits per heavy atom. The van der Waals surface area contributed by atoms with Crippen molar-refractivity contribution in [1.82, 2.24) is 8.75 Å². The molecule has 84 valence electrons. The minimum absolute atomic E-state index is 0.432. The number of aromatic nitrogens is 2. The average Bonchev–Trinajstić information content (AvgIpc) is 2.73. The molecule has 2 rings (SSSR count). The quantitative estimate of drug-likeness (QED) is 0.674. The van der Waals surface area contributed by atoms with Crippen molar-refractivity contribution in [1.29, 1.82) is 0 Å². The number of hydrogen-bond acceptors (Lipinski definition) is 4. The van der Waals surface area contributed by atoms with Crippen LogP contribution in [0.3, 0.4) is 0 Å². The fourth-order valence-corrected chi connectivity index (χ4v) is 2.34. The molecule has 0 aliphatic heterocycles. The zero-order valence-corrected chi connectivity index (χ0v) is 10.7. The van der Waals surface area contributed by atoms with Gasteiger partial charge < -0.3 is 5.73 Å². The Hall–Kier alpha value is -0.910. The van der Waals surface area contributed by atoms with Crippen LogP contribution in [-0.2, 0) is 0 Å². The third kappa shape index (κ3) is 1.98. The van der Waals surface area contributed by atoms with E-state index in [1.54, 1.807) is 6.07 Å². The first kappa shape index (κ1) is 11.6. The molecule has 4 nitrogen and oxygen atoms in total. The Bertz CT molecular complexity index is 564. The predicted octanol–water partition coefficient (Wildman–Crippen LogP) is 3.40. The lowest BCUT2D eigenvalue weighted by atomic mass is 10.2. The first-order valence-corrected chi connectivity index (χ1v) is 6.05. The fraction of sp³-hybridized carbons (Fsp3) is 0.222. The minimum atomic E-state index is 0.432. The van der Waals surface area contributed by atoms with Gasteiger partial charge in [-0.1, -0.05) is 30.1 Å². The molecule has 0 radical (unpaired) electrons. The van der Waals surface area contributed by atoms with Crippen molar-refractivity contribution in [3.05, 3.63) is 16.1 Å². The number of aliphatic imine (C=N–C) groups is 1. The molecule has 0 unspecified atom stereocenters. The number of nitrogens with zero attached hydrogens (tertiary/aromatic N) is 3. The molecule has 16 heavy (non-hydrogen) atoms. The van der Waals surface area contributed by atoms with E-state index in [0.717, 1.165) is 11.7 Å². The summed E-state index contributed by atoms with van der Waals surface area (Å²) >= 11 is 13.1. The van der Waals surface area contributed by atoms with Crippen LogP contribution in [-0.4, -0.2) is 14.6 Å². The molecule has 2 aromatic rings. The van der Waals surface area contributed by atoms with Crippen LogP contribution in [0.25, 0.3) is 11.0 Å². The van der Waals surface area contributed by atoms with E-state index in [1.807, 2.05) is 6.92 Å². The van der Waals surface area contributed by atoms with Crippen LogP contribution in [0.5, 0.6) is 0 Å². The van der Waals surface area contributed by atoms with Crippen molar-refractivity contribution >= 4 is 57.5 Å². The molecule has 0 aliphatic rings. The van der Waals surface area contributed by atoms with E-state index in [0.29, 0.717) is 39.0 Å². The van der Waals surface area contributed by atoms with Crippen LogP contribution >= 0.6 is 34.9 Å². The zero-order valence-electron chi connectivity index (χ0n) is 8.37. The Balaban J connectivity index is 2.73. The summed E-state index contributed by atoms with van der Waals surface area (Å²) in [6.07, 6.45) is 0.651. The highest BCUT2D eigenvalue weighted by molar-refractivity contribution is 7.00. The number of halogens is 2. The molecule has 0 spiro atoms. The molecule has 1 heterocycles. The van der Waals surface area contributed by atoms with Gasteiger partial charge in [-0.3, -0.25) is 0 Å². The monoisotopic (exact) mass is 274 g/mol. The Morgan fingerprint density at radius 1 is 1.38 bits per heavy atom. The summed E-state index contributed by atoms with van der Waals surface area (Å²) in [5, 5.41) is 0.907. The van der Waals surface area contributed by atoms with Crippen molar-refractivity contribution in [2.24, 2.45) is 10.7 Å². The lowest BCUT2D eigenvalue weighted by Crippen LogP contribution is -2.08. The molecular formula is C9H8Cl2N4S. The normalized spacial score (nSPS) is 12.3. The van der Waals surface area contributed by atoms with Gasteiger partial charge in [-0.15, -0.1) is 0 Å². The molecule has 1 aromatic carbocycles. The number of benzene rings is 1. The lowest BCUT2D eigenvalue weighted by Gasteiger charge is -2.02. The SMILES string of the molecule is CCC(N)=Nc1c(Cl)cc(Cl)c2nsnc12. The second kappa shape index (κ2) is 4.53. The highest BCUT2D eigenvalue weighted by atomic mass is 35.5. The molecule has 0 bridgehead atoms. The Labute approximate surface area is 106 Å². The van der Waals surface area contributed by atoms with Crippen LogP contribution in [0.4, 0.5) is 5.69 Å². The summed E-state index contributed by atoms with van der Waals surface area (Å²) in [5.74, 6) is 0.499. The van der Waals surface area contributed by atoms with Gasteiger partial charge in [-0.25, -0.2) is 4.99 Å². The van der Waals surface area contributed by atoms with E-state index in [1.165, 1.54) is 0 Å². The molecule has 0 atom stereocenters. The van der Waals surface area contributed by atoms with Crippen molar-refractivity contribution < 1.29 is 0 Å². The smallest absolute Gasteiger partial charge is 0.133 e. The van der Waals surface area contributed by atoms with E-state index in [2.05, 4.69) is 13.7 Å². The van der Waals surface area contributed by atoms with Gasteiger partial charge in [0.1, 0.15) is 16.7 Å². The van der Waals surface area contributed by atoms with E-state index >= 15 is 0 Å². The second-order valence-corrected chi connectivity index (χ2v) is 4.45. The highest BCUT2D eigenvalue weighted by Gasteiger charge is 2.13. The van der Waals surface area contributed by atoms with Crippen LogP contribution in [0.2, 0.25) is 10.0 Å². The summed E-state index contributed by atoms with van der Waals surface area (Å²) < 4.78 is 8.21. The largest absolute Gasteiger partial charge is 0.387 e. The maximum Gasteiger partial charge on any atom is 0.133 e. The van der Waals surface area contributed by atoms with Gasteiger partial charge in [0.05, 0.1) is 27.6 Å². The standard InChI is InChI=1S/C9H8Cl2N4S/c1-2-6(12)13-7-4(10)3-5(11)8-9(7)15-16-14-8/h3H,2H2,1H3,(H2,12,13). The van der Waals surface area contributed by atoms with Crippen LogP contribution in [0.15, 0.2) is 11.1 Å². The number of amidine groups is 1. The summed E-state index contributed by atoms with van der Waals surface area (Å²) in [5.41, 5.74) is 7.43. The second-order valence-electron chi connectivity index (χ2n) is 3.11. The molecule has 0 saturated heterocycles. The summed E-state index contributed by atoms with van der Waals surface area (Å²) in [7, 11) is 0. The maximum atomic E-state index is 6.06. The van der Waals surface area contributed by atoms with Gasteiger partial charge in [0.2, 0.25) is 0 Å². The van der Waals surface area contributed by atoms with Crippen LogP contribution < -0.4 is 5.73 Å². The van der Waals surface area contributed by atoms with E-state index in [4.69, 9.17) is 28.9 Å². The van der Waals surface area contributed by atoms with Gasteiger partial charge in [-0.05, 0) is 6.07 Å². The average molecular weight is 275 g/mol. The van der Waals surface area contributed by atoms with Crippen LogP contribution in [0, 0.1) is 0 Å². The maximum absolute atomic E-state index is 6.06. The first-order valence-electron chi connectivity index (χ1n) is 4.56. The Morgan fingerprint density at radius 3 is 2.75 bits per heavy atom. The Kier molecular flexibility index (Phi) is 3.28. The third-order valence-electron chi connectivity index (χ3n) is 2.04. The molecule has 7 heteroatoms. The van der Waals surface area contributed by atoms with Gasteiger partial charge in [0.25, 0.3) is 0 Å². The van der Waals surface area contributed by atoms with Gasteiger partial charge in [-0.2, -0.15) is 8.75 Å². The van der Waals surface area contributed by atoms with Crippen molar-refractivity contribution in [3.8, 4) is 0 Å². The topological polar surface area (TPSA) is 64.2 Å². The van der Waals surface area contributed by atoms with E-state index in [9.17, 15) is 0 Å². The number of fused-ring (bicyclic) bond motifs is 1. The molecule has 0 amide bonds.